The van der Waals surface area contributed by atoms with E-state index in [0.717, 1.165) is 71.0 Å². The van der Waals surface area contributed by atoms with Crippen molar-refractivity contribution in [3.05, 3.63) is 151 Å². The third kappa shape index (κ3) is 6.44. The molecule has 5 aromatic carbocycles. The molecule has 0 unspecified atom stereocenters. The summed E-state index contributed by atoms with van der Waals surface area (Å²) in [7, 11) is 0. The van der Waals surface area contributed by atoms with Gasteiger partial charge in [0, 0.05) is 38.7 Å². The summed E-state index contributed by atoms with van der Waals surface area (Å²) < 4.78 is 2.14. The molecular formula is C47H42N4OS. The van der Waals surface area contributed by atoms with Gasteiger partial charge in [-0.05, 0) is 64.4 Å². The van der Waals surface area contributed by atoms with Crippen LogP contribution in [0.4, 0.5) is 17.2 Å². The molecular weight excluding hydrogens is 669 g/mol. The maximum absolute atomic E-state index is 12.0. The van der Waals surface area contributed by atoms with E-state index < -0.39 is 0 Å². The van der Waals surface area contributed by atoms with Crippen LogP contribution in [-0.2, 0) is 10.8 Å². The van der Waals surface area contributed by atoms with E-state index in [-0.39, 0.29) is 16.6 Å². The predicted molar refractivity (Wildman–Crippen MR) is 223 cm³/mol. The van der Waals surface area contributed by atoms with Crippen molar-refractivity contribution in [3.8, 4) is 39.5 Å². The van der Waals surface area contributed by atoms with Crippen molar-refractivity contribution in [2.24, 2.45) is 0 Å². The number of hydrogen-bond acceptors (Lipinski definition) is 6. The molecule has 8 rings (SSSR count). The number of phenols is 1. The fourth-order valence-electron chi connectivity index (χ4n) is 6.92. The molecule has 0 saturated heterocycles. The molecule has 0 aliphatic carbocycles. The Morgan fingerprint density at radius 1 is 0.623 bits per heavy atom. The number of anilines is 3. The Kier molecular flexibility index (Phi) is 8.58. The molecule has 3 aromatic heterocycles. The second-order valence-electron chi connectivity index (χ2n) is 15.5. The molecule has 0 atom stereocenters. The highest BCUT2D eigenvalue weighted by molar-refractivity contribution is 7.26. The summed E-state index contributed by atoms with van der Waals surface area (Å²) in [6.45, 7) is 13.0. The van der Waals surface area contributed by atoms with Crippen LogP contribution >= 0.6 is 11.3 Å². The average Bonchev–Trinajstić information content (AvgIpc) is 3.53. The Labute approximate surface area is 315 Å². The van der Waals surface area contributed by atoms with Crippen LogP contribution < -0.4 is 4.90 Å². The molecule has 0 fully saturated rings. The number of nitrogens with zero attached hydrogens (tertiary/aromatic N) is 4. The summed E-state index contributed by atoms with van der Waals surface area (Å²) in [5, 5.41) is 13.0. The minimum absolute atomic E-state index is 0.149. The fraction of sp³-hybridized carbons (Fsp3) is 0.170. The highest BCUT2D eigenvalue weighted by Gasteiger charge is 2.28. The van der Waals surface area contributed by atoms with E-state index >= 15 is 0 Å². The van der Waals surface area contributed by atoms with Gasteiger partial charge >= 0.3 is 0 Å². The first-order valence-electron chi connectivity index (χ1n) is 18.0. The van der Waals surface area contributed by atoms with E-state index in [0.29, 0.717) is 11.4 Å². The lowest BCUT2D eigenvalue weighted by molar-refractivity contribution is 0.446. The van der Waals surface area contributed by atoms with Crippen molar-refractivity contribution in [2.75, 3.05) is 4.90 Å². The van der Waals surface area contributed by atoms with Crippen molar-refractivity contribution < 1.29 is 5.11 Å². The summed E-state index contributed by atoms with van der Waals surface area (Å²) in [5.41, 5.74) is 9.05. The first-order valence-corrected chi connectivity index (χ1v) is 18.8. The molecule has 262 valence electrons. The van der Waals surface area contributed by atoms with Gasteiger partial charge in [0.2, 0.25) is 0 Å². The molecule has 0 amide bonds. The van der Waals surface area contributed by atoms with Crippen LogP contribution in [0, 0.1) is 0 Å². The molecule has 0 bridgehead atoms. The van der Waals surface area contributed by atoms with Gasteiger partial charge in [-0.2, -0.15) is 0 Å². The average molecular weight is 711 g/mol. The summed E-state index contributed by atoms with van der Waals surface area (Å²) in [6, 6.07) is 46.0. The molecule has 1 N–H and O–H groups in total. The zero-order chi connectivity index (χ0) is 36.9. The molecule has 0 spiro atoms. The van der Waals surface area contributed by atoms with E-state index in [1.54, 1.807) is 11.3 Å². The van der Waals surface area contributed by atoms with Gasteiger partial charge in [-0.3, -0.25) is 4.90 Å². The van der Waals surface area contributed by atoms with Gasteiger partial charge in [-0.1, -0.05) is 133 Å². The number of benzene rings is 5. The summed E-state index contributed by atoms with van der Waals surface area (Å²) in [4.78, 5) is 17.7. The smallest absolute Gasteiger partial charge is 0.164 e. The summed E-state index contributed by atoms with van der Waals surface area (Å²) in [5.74, 6) is 1.54. The van der Waals surface area contributed by atoms with Crippen LogP contribution in [-0.4, -0.2) is 20.1 Å². The van der Waals surface area contributed by atoms with Crippen molar-refractivity contribution in [1.29, 1.82) is 0 Å². The van der Waals surface area contributed by atoms with Gasteiger partial charge < -0.3 is 5.11 Å². The lowest BCUT2D eigenvalue weighted by Crippen LogP contribution is -2.17. The Morgan fingerprint density at radius 2 is 1.34 bits per heavy atom. The number of para-hydroxylation sites is 1. The second-order valence-corrected chi connectivity index (χ2v) is 16.6. The Morgan fingerprint density at radius 3 is 2.09 bits per heavy atom. The fourth-order valence-corrected chi connectivity index (χ4v) is 8.07. The normalized spacial score (nSPS) is 12.0. The monoisotopic (exact) mass is 710 g/mol. The topological polar surface area (TPSA) is 62.1 Å². The van der Waals surface area contributed by atoms with Crippen LogP contribution in [0.15, 0.2) is 140 Å². The van der Waals surface area contributed by atoms with Crippen LogP contribution in [0.2, 0.25) is 0 Å². The number of pyridine rings is 1. The molecule has 53 heavy (non-hydrogen) atoms. The standard InChI is InChI=1S/C47H42N4OS/c1-46(2,3)32-28-36(43(52)37(29-32)47(4,5)6)45-49-41(44-42(50-45)35-22-11-13-24-39(35)53-44)31-19-16-20-33(27-31)51(40-25-14-15-26-48-40)38-23-12-10-21-34(38)30-17-8-7-9-18-30/h7-29,52H,1-6H3. The second kappa shape index (κ2) is 13.3. The molecule has 0 aliphatic rings. The quantitative estimate of drug-likeness (QED) is 0.186. The highest BCUT2D eigenvalue weighted by atomic mass is 32.1. The maximum atomic E-state index is 12.0. The first kappa shape index (κ1) is 34.2. The van der Waals surface area contributed by atoms with E-state index in [4.69, 9.17) is 15.0 Å². The molecule has 0 aliphatic heterocycles. The third-order valence-electron chi connectivity index (χ3n) is 9.73. The number of rotatable bonds is 6. The van der Waals surface area contributed by atoms with Crippen LogP contribution in [0.25, 0.3) is 54.1 Å². The van der Waals surface area contributed by atoms with E-state index in [2.05, 4.69) is 156 Å². The van der Waals surface area contributed by atoms with Gasteiger partial charge in [-0.25, -0.2) is 15.0 Å². The first-order chi connectivity index (χ1) is 25.5. The van der Waals surface area contributed by atoms with E-state index in [1.165, 1.54) is 0 Å². The number of aromatic nitrogens is 3. The largest absolute Gasteiger partial charge is 0.507 e. The Balaban J connectivity index is 1.38. The highest BCUT2D eigenvalue weighted by Crippen LogP contribution is 2.46. The van der Waals surface area contributed by atoms with Crippen LogP contribution in [0.1, 0.15) is 52.7 Å². The van der Waals surface area contributed by atoms with E-state index in [9.17, 15) is 5.11 Å². The molecule has 8 aromatic rings. The zero-order valence-electron chi connectivity index (χ0n) is 30.9. The lowest BCUT2D eigenvalue weighted by Gasteiger charge is -2.27. The lowest BCUT2D eigenvalue weighted by atomic mass is 9.79. The Bertz CT molecular complexity index is 2600. The van der Waals surface area contributed by atoms with Crippen molar-refractivity contribution in [1.82, 2.24) is 15.0 Å². The van der Waals surface area contributed by atoms with Gasteiger partial charge in [0.05, 0.1) is 27.2 Å². The Hall–Kier alpha value is -5.85. The molecule has 0 saturated carbocycles. The van der Waals surface area contributed by atoms with Crippen molar-refractivity contribution in [3.63, 3.8) is 0 Å². The van der Waals surface area contributed by atoms with Crippen molar-refractivity contribution in [2.45, 2.75) is 52.4 Å². The van der Waals surface area contributed by atoms with Gasteiger partial charge in [0.15, 0.2) is 5.82 Å². The SMILES string of the molecule is CC(C)(C)c1cc(-c2nc(-c3cccc(N(c4ccccn4)c4ccccc4-c4ccccc4)c3)c3sc4ccccc4c3n2)c(O)c(C(C)(C)C)c1. The van der Waals surface area contributed by atoms with E-state index in [1.807, 2.05) is 30.5 Å². The number of hydrogen-bond donors (Lipinski definition) is 1. The molecule has 0 radical (unpaired) electrons. The van der Waals surface area contributed by atoms with Crippen LogP contribution in [0.5, 0.6) is 5.75 Å². The molecule has 3 heterocycles. The number of aromatic hydroxyl groups is 1. The van der Waals surface area contributed by atoms with Gasteiger partial charge in [0.25, 0.3) is 0 Å². The predicted octanol–water partition coefficient (Wildman–Crippen LogP) is 13.0. The summed E-state index contributed by atoms with van der Waals surface area (Å²) >= 11 is 1.70. The van der Waals surface area contributed by atoms with Crippen LogP contribution in [0.3, 0.4) is 0 Å². The van der Waals surface area contributed by atoms with Gasteiger partial charge in [0.1, 0.15) is 11.6 Å². The minimum atomic E-state index is -0.290. The maximum Gasteiger partial charge on any atom is 0.164 e. The number of phenolic OH excluding ortho intramolecular Hbond substituents is 1. The van der Waals surface area contributed by atoms with Crippen molar-refractivity contribution >= 4 is 48.8 Å². The number of thiophene rings is 1. The molecule has 5 nitrogen and oxygen atoms in total. The third-order valence-corrected chi connectivity index (χ3v) is 10.9. The van der Waals surface area contributed by atoms with Gasteiger partial charge in [-0.15, -0.1) is 11.3 Å². The molecule has 6 heteroatoms. The number of fused-ring (bicyclic) bond motifs is 3. The summed E-state index contributed by atoms with van der Waals surface area (Å²) in [6.07, 6.45) is 1.83. The zero-order valence-corrected chi connectivity index (χ0v) is 31.7. The minimum Gasteiger partial charge on any atom is -0.507 e.